The molecule has 0 bridgehead atoms. The maximum atomic E-state index is 5.87. The molecule has 112 valence electrons. The second-order valence-corrected chi connectivity index (χ2v) is 5.88. The number of ether oxygens (including phenoxy) is 1. The Labute approximate surface area is 125 Å². The topological polar surface area (TPSA) is 51.3 Å². The third-order valence-corrected chi connectivity index (χ3v) is 4.31. The fourth-order valence-corrected chi connectivity index (χ4v) is 2.99. The van der Waals surface area contributed by atoms with Crippen molar-refractivity contribution in [3.63, 3.8) is 0 Å². The average Bonchev–Trinajstić information content (AvgIpc) is 2.90. The molecule has 21 heavy (non-hydrogen) atoms. The van der Waals surface area contributed by atoms with Crippen molar-refractivity contribution in [3.8, 4) is 0 Å². The lowest BCUT2D eigenvalue weighted by Gasteiger charge is -2.21. The molecular formula is C16H23N4O+. The molecule has 1 aliphatic heterocycles. The van der Waals surface area contributed by atoms with Crippen LogP contribution < -0.4 is 4.90 Å². The van der Waals surface area contributed by atoms with Crippen molar-refractivity contribution in [2.75, 3.05) is 20.3 Å². The van der Waals surface area contributed by atoms with Gasteiger partial charge in [-0.3, -0.25) is 4.98 Å². The van der Waals surface area contributed by atoms with E-state index in [9.17, 15) is 0 Å². The summed E-state index contributed by atoms with van der Waals surface area (Å²) >= 11 is 0. The monoisotopic (exact) mass is 287 g/mol. The number of hydrogen-bond acceptors (Lipinski definition) is 4. The van der Waals surface area contributed by atoms with E-state index in [2.05, 4.69) is 22.2 Å². The molecule has 0 amide bonds. The zero-order valence-electron chi connectivity index (χ0n) is 12.6. The van der Waals surface area contributed by atoms with Crippen LogP contribution in [0.5, 0.6) is 0 Å². The molecule has 1 saturated carbocycles. The van der Waals surface area contributed by atoms with Crippen LogP contribution in [-0.2, 0) is 4.74 Å². The van der Waals surface area contributed by atoms with Crippen molar-refractivity contribution < 1.29 is 9.64 Å². The van der Waals surface area contributed by atoms with E-state index in [1.165, 1.54) is 32.1 Å². The molecule has 0 saturated heterocycles. The molecule has 1 aliphatic carbocycles. The fourth-order valence-electron chi connectivity index (χ4n) is 2.99. The fraction of sp³-hybridized carbons (Fsp3) is 0.562. The number of quaternary nitrogens is 1. The molecule has 1 aromatic heterocycles. The Morgan fingerprint density at radius 2 is 2.10 bits per heavy atom. The van der Waals surface area contributed by atoms with Crippen molar-refractivity contribution in [1.29, 1.82) is 0 Å². The first kappa shape index (κ1) is 14.4. The lowest BCUT2D eigenvalue weighted by molar-refractivity contribution is -0.673. The molecule has 0 spiro atoms. The summed E-state index contributed by atoms with van der Waals surface area (Å²) in [5, 5.41) is 8.55. The first-order chi connectivity index (χ1) is 10.3. The summed E-state index contributed by atoms with van der Waals surface area (Å²) in [5.41, 5.74) is 1.01. The quantitative estimate of drug-likeness (QED) is 0.886. The largest absolute Gasteiger partial charge is 0.369 e. The van der Waals surface area contributed by atoms with Gasteiger partial charge < -0.3 is 4.74 Å². The molecule has 1 N–H and O–H groups in total. The minimum absolute atomic E-state index is 0.565. The zero-order valence-corrected chi connectivity index (χ0v) is 12.6. The Morgan fingerprint density at radius 1 is 1.24 bits per heavy atom. The number of aromatic nitrogens is 1. The Kier molecular flexibility index (Phi) is 4.72. The number of nitrogens with one attached hydrogen (secondary N) is 1. The van der Waals surface area contributed by atoms with Gasteiger partial charge in [-0.15, -0.1) is 0 Å². The maximum Gasteiger partial charge on any atom is 0.260 e. The van der Waals surface area contributed by atoms with Gasteiger partial charge in [0.15, 0.2) is 0 Å². The average molecular weight is 287 g/mol. The van der Waals surface area contributed by atoms with E-state index < -0.39 is 0 Å². The van der Waals surface area contributed by atoms with Crippen LogP contribution in [0.4, 0.5) is 0 Å². The second-order valence-electron chi connectivity index (χ2n) is 5.88. The van der Waals surface area contributed by atoms with Gasteiger partial charge in [-0.1, -0.05) is 29.5 Å². The standard InChI is InChI=1S/C16H22N4O/c1-20-15(12-21-11-13-6-3-2-4-7-13)18-19-16(20)14-8-5-9-17-10-14/h5,8-10,13H,2-4,6-7,11-12H2,1H3/p+1. The second kappa shape index (κ2) is 6.91. The minimum Gasteiger partial charge on any atom is -0.369 e. The third-order valence-electron chi connectivity index (χ3n) is 4.31. The molecule has 1 unspecified atom stereocenters. The third kappa shape index (κ3) is 3.54. The summed E-state index contributed by atoms with van der Waals surface area (Å²) in [7, 11) is 2.06. The Morgan fingerprint density at radius 3 is 2.86 bits per heavy atom. The molecule has 1 aromatic rings. The van der Waals surface area contributed by atoms with Gasteiger partial charge >= 0.3 is 0 Å². The van der Waals surface area contributed by atoms with Gasteiger partial charge in [-0.2, -0.15) is 0 Å². The van der Waals surface area contributed by atoms with Crippen LogP contribution in [0.1, 0.15) is 37.7 Å². The summed E-state index contributed by atoms with van der Waals surface area (Å²) < 4.78 is 5.87. The van der Waals surface area contributed by atoms with Crippen LogP contribution in [0.3, 0.4) is 0 Å². The summed E-state index contributed by atoms with van der Waals surface area (Å²) in [6, 6.07) is 3.93. The molecule has 5 nitrogen and oxygen atoms in total. The van der Waals surface area contributed by atoms with Crippen LogP contribution >= 0.6 is 0 Å². The Bertz CT molecular complexity index is 520. The molecule has 3 rings (SSSR count). The molecule has 0 aromatic carbocycles. The molecule has 2 aliphatic rings. The van der Waals surface area contributed by atoms with E-state index in [4.69, 9.17) is 4.74 Å². The number of hydrogen-bond donors (Lipinski definition) is 1. The van der Waals surface area contributed by atoms with E-state index in [0.29, 0.717) is 6.61 Å². The van der Waals surface area contributed by atoms with E-state index >= 15 is 0 Å². The summed E-state index contributed by atoms with van der Waals surface area (Å²) in [4.78, 5) is 5.24. The Hall–Kier alpha value is -1.59. The highest BCUT2D eigenvalue weighted by molar-refractivity contribution is 6.00. The molecule has 5 heteroatoms. The van der Waals surface area contributed by atoms with Crippen molar-refractivity contribution in [1.82, 2.24) is 4.98 Å². The lowest BCUT2D eigenvalue weighted by atomic mass is 9.90. The maximum absolute atomic E-state index is 5.87. The van der Waals surface area contributed by atoms with Gasteiger partial charge in [0.1, 0.15) is 6.61 Å². The summed E-state index contributed by atoms with van der Waals surface area (Å²) in [5.74, 6) is 2.60. The van der Waals surface area contributed by atoms with Crippen molar-refractivity contribution in [2.45, 2.75) is 32.1 Å². The number of amidine groups is 2. The van der Waals surface area contributed by atoms with Crippen LogP contribution in [-0.4, -0.2) is 36.9 Å². The van der Waals surface area contributed by atoms with Crippen LogP contribution in [0.25, 0.3) is 0 Å². The van der Waals surface area contributed by atoms with E-state index in [-0.39, 0.29) is 0 Å². The van der Waals surface area contributed by atoms with Gasteiger partial charge in [0.25, 0.3) is 11.7 Å². The van der Waals surface area contributed by atoms with Gasteiger partial charge in [0, 0.05) is 12.4 Å². The summed E-state index contributed by atoms with van der Waals surface area (Å²) in [6.07, 6.45) is 10.3. The van der Waals surface area contributed by atoms with E-state index in [1.54, 1.807) is 6.20 Å². The van der Waals surface area contributed by atoms with E-state index in [1.807, 2.05) is 18.3 Å². The van der Waals surface area contributed by atoms with E-state index in [0.717, 1.165) is 34.7 Å². The Balaban J connectivity index is 1.48. The molecular weight excluding hydrogens is 264 g/mol. The molecule has 1 fully saturated rings. The van der Waals surface area contributed by atoms with Crippen LogP contribution in [0.15, 0.2) is 34.7 Å². The molecule has 2 heterocycles. The number of pyridine rings is 1. The minimum atomic E-state index is 0.565. The predicted molar refractivity (Wildman–Crippen MR) is 82.5 cm³/mol. The number of nitrogens with zero attached hydrogens (tertiary/aromatic N) is 3. The number of rotatable bonds is 5. The van der Waals surface area contributed by atoms with Crippen LogP contribution in [0.2, 0.25) is 0 Å². The van der Waals surface area contributed by atoms with Crippen molar-refractivity contribution in [2.24, 2.45) is 16.1 Å². The normalized spacial score (nSPS) is 23.0. The highest BCUT2D eigenvalue weighted by Crippen LogP contribution is 2.23. The predicted octanol–water partition coefficient (Wildman–Crippen LogP) is 1.27. The van der Waals surface area contributed by atoms with Crippen molar-refractivity contribution >= 4 is 11.7 Å². The van der Waals surface area contributed by atoms with Gasteiger partial charge in [-0.05, 0) is 30.9 Å². The van der Waals surface area contributed by atoms with Gasteiger partial charge in [0.2, 0.25) is 0 Å². The SMILES string of the molecule is C[NH+]1C(COCC2CCCCC2)=NN=C1c1cccnc1. The van der Waals surface area contributed by atoms with Crippen molar-refractivity contribution in [3.05, 3.63) is 30.1 Å². The molecule has 1 atom stereocenters. The number of likely N-dealkylation sites (N-methyl/N-ethyl adjacent to an activating group) is 1. The highest BCUT2D eigenvalue weighted by atomic mass is 16.5. The molecule has 0 radical (unpaired) electrons. The highest BCUT2D eigenvalue weighted by Gasteiger charge is 2.27. The summed E-state index contributed by atoms with van der Waals surface area (Å²) in [6.45, 7) is 1.42. The first-order valence-corrected chi connectivity index (χ1v) is 7.81. The van der Waals surface area contributed by atoms with Gasteiger partial charge in [-0.25, -0.2) is 4.90 Å². The zero-order chi connectivity index (χ0) is 14.5. The first-order valence-electron chi connectivity index (χ1n) is 7.81. The van der Waals surface area contributed by atoms with Gasteiger partial charge in [0.05, 0.1) is 19.2 Å². The lowest BCUT2D eigenvalue weighted by Crippen LogP contribution is -3.13. The van der Waals surface area contributed by atoms with Crippen LogP contribution in [0, 0.1) is 5.92 Å². The smallest absolute Gasteiger partial charge is 0.260 e.